The largest absolute Gasteiger partial charge is 0.417 e. The van der Waals surface area contributed by atoms with Gasteiger partial charge in [0.05, 0.1) is 11.6 Å². The fourth-order valence-electron chi connectivity index (χ4n) is 2.72. The molecule has 140 valence electrons. The number of nitrogens with one attached hydrogen (secondary N) is 1. The summed E-state index contributed by atoms with van der Waals surface area (Å²) in [7, 11) is 0. The van der Waals surface area contributed by atoms with Crippen molar-refractivity contribution in [1.82, 2.24) is 15.2 Å². The molecular formula is C17H25F3N4O. The Hall–Kier alpha value is -1.83. The van der Waals surface area contributed by atoms with E-state index in [1.165, 1.54) is 6.07 Å². The van der Waals surface area contributed by atoms with Crippen LogP contribution >= 0.6 is 0 Å². The van der Waals surface area contributed by atoms with Crippen molar-refractivity contribution in [2.45, 2.75) is 45.5 Å². The highest BCUT2D eigenvalue weighted by Crippen LogP contribution is 2.29. The van der Waals surface area contributed by atoms with Crippen molar-refractivity contribution >= 4 is 11.7 Å². The normalized spacial score (nSPS) is 18.1. The number of aromatic nitrogens is 1. The maximum absolute atomic E-state index is 12.6. The first-order valence-electron chi connectivity index (χ1n) is 8.31. The van der Waals surface area contributed by atoms with Gasteiger partial charge in [0.15, 0.2) is 0 Å². The summed E-state index contributed by atoms with van der Waals surface area (Å²) >= 11 is 0. The Labute approximate surface area is 146 Å². The van der Waals surface area contributed by atoms with E-state index in [1.807, 2.05) is 32.6 Å². The Morgan fingerprint density at radius 1 is 1.16 bits per heavy atom. The lowest BCUT2D eigenvalue weighted by Gasteiger charge is -2.38. The summed E-state index contributed by atoms with van der Waals surface area (Å²) in [6.45, 7) is 10.2. The van der Waals surface area contributed by atoms with Crippen LogP contribution in [0.3, 0.4) is 0 Å². The number of piperazine rings is 1. The number of hydrogen-bond acceptors (Lipinski definition) is 4. The monoisotopic (exact) mass is 358 g/mol. The summed E-state index contributed by atoms with van der Waals surface area (Å²) in [5.41, 5.74) is -1.03. The van der Waals surface area contributed by atoms with Crippen LogP contribution in [0.15, 0.2) is 18.3 Å². The summed E-state index contributed by atoms with van der Waals surface area (Å²) in [6, 6.07) is 2.20. The Morgan fingerprint density at radius 2 is 1.76 bits per heavy atom. The van der Waals surface area contributed by atoms with Crippen molar-refractivity contribution in [3.05, 3.63) is 23.9 Å². The molecule has 1 unspecified atom stereocenters. The molecule has 25 heavy (non-hydrogen) atoms. The van der Waals surface area contributed by atoms with Gasteiger partial charge in [-0.2, -0.15) is 13.2 Å². The van der Waals surface area contributed by atoms with E-state index >= 15 is 0 Å². The molecule has 1 aromatic heterocycles. The van der Waals surface area contributed by atoms with E-state index < -0.39 is 11.7 Å². The zero-order chi connectivity index (χ0) is 18.8. The van der Waals surface area contributed by atoms with Crippen LogP contribution < -0.4 is 10.2 Å². The van der Waals surface area contributed by atoms with Gasteiger partial charge in [-0.15, -0.1) is 0 Å². The Balaban J connectivity index is 1.92. The molecule has 0 aromatic carbocycles. The molecule has 0 bridgehead atoms. The summed E-state index contributed by atoms with van der Waals surface area (Å²) in [5.74, 6) is 0.507. The smallest absolute Gasteiger partial charge is 0.354 e. The molecule has 5 nitrogen and oxygen atoms in total. The molecule has 0 spiro atoms. The van der Waals surface area contributed by atoms with E-state index in [1.54, 1.807) is 0 Å². The predicted octanol–water partition coefficient (Wildman–Crippen LogP) is 2.53. The lowest BCUT2D eigenvalue weighted by atomic mass is 10.1. The van der Waals surface area contributed by atoms with E-state index in [0.29, 0.717) is 32.0 Å². The number of rotatable bonds is 3. The van der Waals surface area contributed by atoms with Crippen LogP contribution in [0.1, 0.15) is 33.3 Å². The molecule has 1 fully saturated rings. The molecule has 0 saturated carbocycles. The maximum atomic E-state index is 12.6. The molecule has 0 radical (unpaired) electrons. The van der Waals surface area contributed by atoms with E-state index in [4.69, 9.17) is 0 Å². The van der Waals surface area contributed by atoms with E-state index in [2.05, 4.69) is 15.2 Å². The van der Waals surface area contributed by atoms with Gasteiger partial charge in [-0.1, -0.05) is 0 Å². The average Bonchev–Trinajstić information content (AvgIpc) is 2.52. The lowest BCUT2D eigenvalue weighted by Crippen LogP contribution is -2.56. The molecule has 1 aliphatic heterocycles. The zero-order valence-electron chi connectivity index (χ0n) is 15.0. The van der Waals surface area contributed by atoms with Gasteiger partial charge in [0, 0.05) is 37.9 Å². The molecule has 1 N–H and O–H groups in total. The number of carbonyl (C=O) groups is 1. The van der Waals surface area contributed by atoms with Crippen LogP contribution in [0, 0.1) is 0 Å². The first-order chi connectivity index (χ1) is 11.5. The van der Waals surface area contributed by atoms with Crippen LogP contribution in [0.4, 0.5) is 19.0 Å². The topological polar surface area (TPSA) is 48.5 Å². The minimum Gasteiger partial charge on any atom is -0.354 e. The minimum atomic E-state index is -4.37. The average molecular weight is 358 g/mol. The van der Waals surface area contributed by atoms with E-state index in [-0.39, 0.29) is 17.5 Å². The van der Waals surface area contributed by atoms with Crippen molar-refractivity contribution < 1.29 is 18.0 Å². The SMILES string of the molecule is CC(C(=O)NC(C)(C)C)N1CCN(c2ccc(C(F)(F)F)cn2)CC1. The fourth-order valence-corrected chi connectivity index (χ4v) is 2.72. The van der Waals surface area contributed by atoms with Gasteiger partial charge in [-0.25, -0.2) is 4.98 Å². The fraction of sp³-hybridized carbons (Fsp3) is 0.647. The summed E-state index contributed by atoms with van der Waals surface area (Å²) in [4.78, 5) is 20.2. The Bertz CT molecular complexity index is 587. The third-order valence-electron chi connectivity index (χ3n) is 4.14. The molecule has 1 saturated heterocycles. The number of anilines is 1. The van der Waals surface area contributed by atoms with Gasteiger partial charge in [0.1, 0.15) is 5.82 Å². The zero-order valence-corrected chi connectivity index (χ0v) is 15.0. The predicted molar refractivity (Wildman–Crippen MR) is 90.4 cm³/mol. The molecule has 2 heterocycles. The highest BCUT2D eigenvalue weighted by Gasteiger charge is 2.31. The molecule has 1 atom stereocenters. The van der Waals surface area contributed by atoms with Crippen LogP contribution in [0.5, 0.6) is 0 Å². The maximum Gasteiger partial charge on any atom is 0.417 e. The van der Waals surface area contributed by atoms with Crippen molar-refractivity contribution in [2.24, 2.45) is 0 Å². The van der Waals surface area contributed by atoms with Crippen LogP contribution in [0.2, 0.25) is 0 Å². The van der Waals surface area contributed by atoms with Crippen LogP contribution in [-0.4, -0.2) is 53.6 Å². The van der Waals surface area contributed by atoms with Crippen LogP contribution in [-0.2, 0) is 11.0 Å². The first kappa shape index (κ1) is 19.5. The third-order valence-corrected chi connectivity index (χ3v) is 4.14. The minimum absolute atomic E-state index is 0.0198. The second-order valence-corrected chi connectivity index (χ2v) is 7.34. The summed E-state index contributed by atoms with van der Waals surface area (Å²) < 4.78 is 37.8. The van der Waals surface area contributed by atoms with E-state index in [9.17, 15) is 18.0 Å². The highest BCUT2D eigenvalue weighted by atomic mass is 19.4. The van der Waals surface area contributed by atoms with Gasteiger partial charge < -0.3 is 10.2 Å². The second-order valence-electron chi connectivity index (χ2n) is 7.34. The molecule has 0 aliphatic carbocycles. The number of nitrogens with zero attached hydrogens (tertiary/aromatic N) is 3. The van der Waals surface area contributed by atoms with Gasteiger partial charge in [-0.3, -0.25) is 9.69 Å². The summed E-state index contributed by atoms with van der Waals surface area (Å²) in [5, 5.41) is 2.97. The summed E-state index contributed by atoms with van der Waals surface area (Å²) in [6.07, 6.45) is -3.51. The molecule has 8 heteroatoms. The van der Waals surface area contributed by atoms with E-state index in [0.717, 1.165) is 12.3 Å². The molecule has 1 aromatic rings. The Morgan fingerprint density at radius 3 is 2.20 bits per heavy atom. The number of pyridine rings is 1. The third kappa shape index (κ3) is 5.32. The van der Waals surface area contributed by atoms with Crippen molar-refractivity contribution in [3.63, 3.8) is 0 Å². The van der Waals surface area contributed by atoms with Crippen molar-refractivity contribution in [1.29, 1.82) is 0 Å². The number of alkyl halides is 3. The van der Waals surface area contributed by atoms with Gasteiger partial charge in [0.25, 0.3) is 0 Å². The molecule has 2 rings (SSSR count). The number of hydrogen-bond donors (Lipinski definition) is 1. The number of carbonyl (C=O) groups excluding carboxylic acids is 1. The lowest BCUT2D eigenvalue weighted by molar-refractivity contribution is -0.137. The second kappa shape index (κ2) is 7.19. The van der Waals surface area contributed by atoms with Gasteiger partial charge in [-0.05, 0) is 39.8 Å². The van der Waals surface area contributed by atoms with Crippen molar-refractivity contribution in [2.75, 3.05) is 31.1 Å². The quantitative estimate of drug-likeness (QED) is 0.902. The standard InChI is InChI=1S/C17H25F3N4O/c1-12(15(25)22-16(2,3)4)23-7-9-24(10-8-23)14-6-5-13(11-21-14)17(18,19)20/h5-6,11-12H,7-10H2,1-4H3,(H,22,25). The number of amides is 1. The number of halogens is 3. The highest BCUT2D eigenvalue weighted by molar-refractivity contribution is 5.82. The first-order valence-corrected chi connectivity index (χ1v) is 8.31. The molecule has 1 amide bonds. The van der Waals surface area contributed by atoms with Gasteiger partial charge in [0.2, 0.25) is 5.91 Å². The Kier molecular flexibility index (Phi) is 5.61. The molecular weight excluding hydrogens is 333 g/mol. The van der Waals surface area contributed by atoms with Crippen molar-refractivity contribution in [3.8, 4) is 0 Å². The van der Waals surface area contributed by atoms with Crippen LogP contribution in [0.25, 0.3) is 0 Å². The van der Waals surface area contributed by atoms with Gasteiger partial charge >= 0.3 is 6.18 Å². The molecule has 1 aliphatic rings.